The van der Waals surface area contributed by atoms with Gasteiger partial charge in [0.1, 0.15) is 31.2 Å². The van der Waals surface area contributed by atoms with E-state index in [2.05, 4.69) is 5.32 Å². The Balaban J connectivity index is 1.41. The van der Waals surface area contributed by atoms with Crippen molar-refractivity contribution in [3.63, 3.8) is 0 Å². The summed E-state index contributed by atoms with van der Waals surface area (Å²) in [5.74, 6) is 2.29. The fourth-order valence-corrected chi connectivity index (χ4v) is 2.50. The van der Waals surface area contributed by atoms with Gasteiger partial charge in [0.05, 0.1) is 0 Å². The molecule has 0 aromatic heterocycles. The summed E-state index contributed by atoms with van der Waals surface area (Å²) in [4.78, 5) is 0. The van der Waals surface area contributed by atoms with Gasteiger partial charge in [-0.2, -0.15) is 0 Å². The molecule has 0 saturated heterocycles. The predicted octanol–water partition coefficient (Wildman–Crippen LogP) is 2.24. The van der Waals surface area contributed by atoms with Crippen molar-refractivity contribution in [2.45, 2.75) is 25.2 Å². The Kier molecular flexibility index (Phi) is 5.56. The summed E-state index contributed by atoms with van der Waals surface area (Å²) in [6.45, 7) is 3.18. The van der Waals surface area contributed by atoms with Crippen LogP contribution in [-0.4, -0.2) is 43.1 Å². The fraction of sp³-hybridized carbons (Fsp3) is 0.368. The largest absolute Gasteiger partial charge is 0.491 e. The van der Waals surface area contributed by atoms with Crippen LogP contribution in [-0.2, 0) is 0 Å². The Morgan fingerprint density at radius 2 is 1.83 bits per heavy atom. The van der Waals surface area contributed by atoms with E-state index in [9.17, 15) is 5.11 Å². The van der Waals surface area contributed by atoms with Gasteiger partial charge in [0, 0.05) is 12.6 Å². The van der Waals surface area contributed by atoms with Crippen LogP contribution in [0.3, 0.4) is 0 Å². The number of para-hydroxylation sites is 3. The number of hydrogen-bond acceptors (Lipinski definition) is 5. The topological polar surface area (TPSA) is 60.0 Å². The molecule has 1 aliphatic rings. The summed E-state index contributed by atoms with van der Waals surface area (Å²) in [6, 6.07) is 17.2. The number of aliphatic hydroxyl groups excluding tert-OH is 1. The summed E-state index contributed by atoms with van der Waals surface area (Å²) in [5.41, 5.74) is 0. The number of nitrogens with one attached hydrogen (secondary N) is 1. The Labute approximate surface area is 142 Å². The number of aliphatic hydroxyl groups is 1. The number of fused-ring (bicyclic) bond motifs is 1. The van der Waals surface area contributed by atoms with E-state index in [1.54, 1.807) is 0 Å². The zero-order valence-corrected chi connectivity index (χ0v) is 13.7. The smallest absolute Gasteiger partial charge is 0.161 e. The molecule has 2 aromatic rings. The average molecular weight is 329 g/mol. The van der Waals surface area contributed by atoms with E-state index in [0.717, 1.165) is 17.2 Å². The lowest BCUT2D eigenvalue weighted by Gasteiger charge is -2.31. The molecule has 5 nitrogen and oxygen atoms in total. The lowest BCUT2D eigenvalue weighted by atomic mass is 10.1. The predicted molar refractivity (Wildman–Crippen MR) is 91.8 cm³/mol. The normalized spacial score (nSPS) is 18.7. The minimum Gasteiger partial charge on any atom is -0.491 e. The van der Waals surface area contributed by atoms with E-state index in [-0.39, 0.29) is 18.8 Å². The van der Waals surface area contributed by atoms with Crippen molar-refractivity contribution in [3.05, 3.63) is 54.6 Å². The van der Waals surface area contributed by atoms with E-state index < -0.39 is 6.10 Å². The standard InChI is InChI=1S/C19H23NO4/c1-14(19-13-23-17-9-5-6-10-18(17)24-19)20-11-15(21)12-22-16-7-3-2-4-8-16/h2-10,14-15,19-21H,11-13H2,1H3/t14-,15+,19+/m1/s1. The van der Waals surface area contributed by atoms with Crippen molar-refractivity contribution in [1.29, 1.82) is 0 Å². The van der Waals surface area contributed by atoms with Gasteiger partial charge in [-0.1, -0.05) is 30.3 Å². The molecule has 0 fully saturated rings. The highest BCUT2D eigenvalue weighted by Gasteiger charge is 2.26. The lowest BCUT2D eigenvalue weighted by Crippen LogP contribution is -2.48. The van der Waals surface area contributed by atoms with Crippen molar-refractivity contribution in [2.75, 3.05) is 19.8 Å². The molecule has 0 saturated carbocycles. The summed E-state index contributed by atoms with van der Waals surface area (Å²) in [5, 5.41) is 13.3. The van der Waals surface area contributed by atoms with Crippen molar-refractivity contribution < 1.29 is 19.3 Å². The molecule has 1 aliphatic heterocycles. The molecule has 2 aromatic carbocycles. The first-order valence-corrected chi connectivity index (χ1v) is 8.20. The van der Waals surface area contributed by atoms with Gasteiger partial charge >= 0.3 is 0 Å². The average Bonchev–Trinajstić information content (AvgIpc) is 2.65. The first kappa shape index (κ1) is 16.6. The highest BCUT2D eigenvalue weighted by atomic mass is 16.6. The van der Waals surface area contributed by atoms with Gasteiger partial charge < -0.3 is 24.6 Å². The van der Waals surface area contributed by atoms with Crippen LogP contribution in [0.2, 0.25) is 0 Å². The van der Waals surface area contributed by atoms with Gasteiger partial charge in [0.2, 0.25) is 0 Å². The van der Waals surface area contributed by atoms with E-state index in [0.29, 0.717) is 13.2 Å². The van der Waals surface area contributed by atoms with Gasteiger partial charge in [-0.15, -0.1) is 0 Å². The van der Waals surface area contributed by atoms with Gasteiger partial charge in [-0.25, -0.2) is 0 Å². The maximum absolute atomic E-state index is 10.1. The molecule has 24 heavy (non-hydrogen) atoms. The molecule has 0 radical (unpaired) electrons. The van der Waals surface area contributed by atoms with E-state index in [1.165, 1.54) is 0 Å². The molecule has 3 atom stereocenters. The molecule has 2 N–H and O–H groups in total. The third-order valence-electron chi connectivity index (χ3n) is 3.95. The third-order valence-corrected chi connectivity index (χ3v) is 3.95. The zero-order chi connectivity index (χ0) is 16.8. The van der Waals surface area contributed by atoms with Crippen LogP contribution in [0, 0.1) is 0 Å². The fourth-order valence-electron chi connectivity index (χ4n) is 2.50. The number of hydrogen-bond donors (Lipinski definition) is 2. The van der Waals surface area contributed by atoms with Crippen molar-refractivity contribution in [2.24, 2.45) is 0 Å². The minimum atomic E-state index is -0.593. The van der Waals surface area contributed by atoms with Crippen LogP contribution in [0.4, 0.5) is 0 Å². The monoisotopic (exact) mass is 329 g/mol. The molecule has 0 amide bonds. The molecule has 3 rings (SSSR count). The molecule has 1 heterocycles. The van der Waals surface area contributed by atoms with E-state index in [1.807, 2.05) is 61.5 Å². The molecule has 0 bridgehead atoms. The molecular weight excluding hydrogens is 306 g/mol. The van der Waals surface area contributed by atoms with Gasteiger partial charge in [-0.05, 0) is 31.2 Å². The Bertz CT molecular complexity index is 634. The molecule has 0 aliphatic carbocycles. The summed E-state index contributed by atoms with van der Waals surface area (Å²) >= 11 is 0. The zero-order valence-electron chi connectivity index (χ0n) is 13.7. The van der Waals surface area contributed by atoms with Crippen LogP contribution in [0.1, 0.15) is 6.92 Å². The Hall–Kier alpha value is -2.24. The van der Waals surface area contributed by atoms with Crippen molar-refractivity contribution in [3.8, 4) is 17.2 Å². The van der Waals surface area contributed by atoms with Gasteiger partial charge in [0.25, 0.3) is 0 Å². The van der Waals surface area contributed by atoms with Crippen LogP contribution in [0.25, 0.3) is 0 Å². The number of benzene rings is 2. The Morgan fingerprint density at radius 3 is 2.62 bits per heavy atom. The second-order valence-corrected chi connectivity index (χ2v) is 5.89. The highest BCUT2D eigenvalue weighted by molar-refractivity contribution is 5.40. The minimum absolute atomic E-state index is 0.0460. The summed E-state index contributed by atoms with van der Waals surface area (Å²) in [7, 11) is 0. The molecule has 0 spiro atoms. The summed E-state index contributed by atoms with van der Waals surface area (Å²) in [6.07, 6.45) is -0.688. The van der Waals surface area contributed by atoms with Crippen LogP contribution >= 0.6 is 0 Å². The van der Waals surface area contributed by atoms with Crippen molar-refractivity contribution in [1.82, 2.24) is 5.32 Å². The van der Waals surface area contributed by atoms with Crippen LogP contribution < -0.4 is 19.5 Å². The van der Waals surface area contributed by atoms with Crippen LogP contribution in [0.5, 0.6) is 17.2 Å². The lowest BCUT2D eigenvalue weighted by molar-refractivity contribution is 0.0557. The maximum atomic E-state index is 10.1. The van der Waals surface area contributed by atoms with E-state index >= 15 is 0 Å². The Morgan fingerprint density at radius 1 is 1.12 bits per heavy atom. The second kappa shape index (κ2) is 8.04. The van der Waals surface area contributed by atoms with Gasteiger partial charge in [0.15, 0.2) is 11.5 Å². The second-order valence-electron chi connectivity index (χ2n) is 5.89. The maximum Gasteiger partial charge on any atom is 0.161 e. The third kappa shape index (κ3) is 4.40. The molecule has 128 valence electrons. The first-order chi connectivity index (χ1) is 11.7. The highest BCUT2D eigenvalue weighted by Crippen LogP contribution is 2.31. The van der Waals surface area contributed by atoms with Crippen molar-refractivity contribution >= 4 is 0 Å². The first-order valence-electron chi connectivity index (χ1n) is 8.20. The molecular formula is C19H23NO4. The molecule has 5 heteroatoms. The van der Waals surface area contributed by atoms with Gasteiger partial charge in [-0.3, -0.25) is 0 Å². The quantitative estimate of drug-likeness (QED) is 0.816. The number of ether oxygens (including phenoxy) is 3. The van der Waals surface area contributed by atoms with Crippen LogP contribution in [0.15, 0.2) is 54.6 Å². The van der Waals surface area contributed by atoms with E-state index in [4.69, 9.17) is 14.2 Å². The summed E-state index contributed by atoms with van der Waals surface area (Å²) < 4.78 is 17.2. The SMILES string of the molecule is C[C@@H](NC[C@H](O)COc1ccccc1)[C@@H]1COc2ccccc2O1. The number of rotatable bonds is 7. The molecule has 0 unspecified atom stereocenters.